The molecule has 202 valence electrons. The monoisotopic (exact) mass is 524 g/mol. The molecular weight excluding hydrogens is 496 g/mol. The number of aliphatic hydroxyl groups excluding tert-OH is 3. The number of fused-ring (bicyclic) bond motifs is 4. The predicted molar refractivity (Wildman–Crippen MR) is 120 cm³/mol. The Kier molecular flexibility index (Phi) is 8.02. The van der Waals surface area contributed by atoms with Crippen molar-refractivity contribution in [3.05, 3.63) is 47.2 Å². The molecule has 0 amide bonds. The number of phenols is 2. The summed E-state index contributed by atoms with van der Waals surface area (Å²) in [6.45, 7) is 0.852. The second-order valence-electron chi connectivity index (χ2n) is 8.80. The Morgan fingerprint density at radius 3 is 2.46 bits per heavy atom. The maximum Gasteiger partial charge on any atom is 0.335 e. The number of allylic oxidation sites excluding steroid dienone is 1. The van der Waals surface area contributed by atoms with Crippen molar-refractivity contribution in [3.8, 4) is 11.5 Å². The molecule has 3 aliphatic rings. The van der Waals surface area contributed by atoms with Gasteiger partial charge in [0.2, 0.25) is 6.29 Å². The van der Waals surface area contributed by atoms with E-state index in [1.165, 1.54) is 24.3 Å². The van der Waals surface area contributed by atoms with E-state index in [0.29, 0.717) is 5.56 Å². The van der Waals surface area contributed by atoms with Crippen LogP contribution in [0, 0.1) is 5.92 Å². The van der Waals surface area contributed by atoms with Crippen LogP contribution in [-0.4, -0.2) is 92.8 Å². The van der Waals surface area contributed by atoms with E-state index in [4.69, 9.17) is 23.7 Å². The first kappa shape index (κ1) is 26.9. The zero-order chi connectivity index (χ0) is 26.9. The van der Waals surface area contributed by atoms with E-state index in [1.54, 1.807) is 6.92 Å². The molecular formula is C24H28O13. The molecule has 13 nitrogen and oxygen atoms in total. The molecule has 1 aromatic rings. The average molecular weight is 524 g/mol. The summed E-state index contributed by atoms with van der Waals surface area (Å²) >= 11 is 0. The van der Waals surface area contributed by atoms with E-state index in [-0.39, 0.29) is 30.1 Å². The van der Waals surface area contributed by atoms with E-state index >= 15 is 0 Å². The number of hydrogen-bond acceptors (Lipinski definition) is 12. The number of carbonyl (C=O) groups excluding carboxylic acids is 1. The summed E-state index contributed by atoms with van der Waals surface area (Å²) in [4.78, 5) is 24.6. The minimum atomic E-state index is -1.70. The Hall–Kier alpha value is -3.20. The second kappa shape index (κ2) is 11.0. The SMILES string of the molecule is C/C=C1/[C@H]2OC=C(C(=O)O)[C@H]1CC(=O)OC[C@H](c1ccc(O)c(O)c1)OC[C@H]1OC(O2)[C@H](O)[C@@H](O)[C@@H]1O. The van der Waals surface area contributed by atoms with Crippen LogP contribution in [0.5, 0.6) is 11.5 Å². The molecule has 2 saturated heterocycles. The van der Waals surface area contributed by atoms with Crippen LogP contribution >= 0.6 is 0 Å². The normalized spacial score (nSPS) is 36.1. The lowest BCUT2D eigenvalue weighted by Gasteiger charge is -2.42. The molecule has 4 bridgehead atoms. The van der Waals surface area contributed by atoms with Crippen LogP contribution in [0.25, 0.3) is 0 Å². The van der Waals surface area contributed by atoms with Gasteiger partial charge in [-0.1, -0.05) is 12.1 Å². The van der Waals surface area contributed by atoms with Gasteiger partial charge in [0.1, 0.15) is 37.1 Å². The van der Waals surface area contributed by atoms with E-state index in [1.807, 2.05) is 0 Å². The van der Waals surface area contributed by atoms with Crippen molar-refractivity contribution in [1.82, 2.24) is 0 Å². The van der Waals surface area contributed by atoms with Gasteiger partial charge in [0.25, 0.3) is 0 Å². The third-order valence-electron chi connectivity index (χ3n) is 6.47. The first-order valence-corrected chi connectivity index (χ1v) is 11.5. The summed E-state index contributed by atoms with van der Waals surface area (Å²) in [6, 6.07) is 3.83. The molecule has 0 aliphatic carbocycles. The molecule has 4 rings (SSSR count). The molecule has 0 spiro atoms. The third-order valence-corrected chi connectivity index (χ3v) is 6.47. The average Bonchev–Trinajstić information content (AvgIpc) is 2.86. The predicted octanol–water partition coefficient (Wildman–Crippen LogP) is -0.186. The number of cyclic esters (lactones) is 1. The first-order chi connectivity index (χ1) is 17.6. The van der Waals surface area contributed by atoms with Crippen molar-refractivity contribution in [2.45, 2.75) is 56.4 Å². The van der Waals surface area contributed by atoms with Crippen LogP contribution in [-0.2, 0) is 33.3 Å². The van der Waals surface area contributed by atoms with Crippen molar-refractivity contribution < 1.29 is 63.9 Å². The topological polar surface area (TPSA) is 202 Å². The number of aliphatic hydroxyl groups is 3. The lowest BCUT2D eigenvalue weighted by Crippen LogP contribution is -2.60. The van der Waals surface area contributed by atoms with Gasteiger partial charge in [-0.3, -0.25) is 4.79 Å². The molecule has 0 saturated carbocycles. The van der Waals surface area contributed by atoms with Gasteiger partial charge in [0.15, 0.2) is 17.8 Å². The Morgan fingerprint density at radius 1 is 1.03 bits per heavy atom. The van der Waals surface area contributed by atoms with Gasteiger partial charge in [-0.05, 0) is 24.6 Å². The molecule has 37 heavy (non-hydrogen) atoms. The van der Waals surface area contributed by atoms with Gasteiger partial charge in [-0.25, -0.2) is 4.79 Å². The molecule has 13 heteroatoms. The van der Waals surface area contributed by atoms with Crippen molar-refractivity contribution in [3.63, 3.8) is 0 Å². The van der Waals surface area contributed by atoms with Gasteiger partial charge in [0, 0.05) is 11.5 Å². The zero-order valence-corrected chi connectivity index (χ0v) is 19.7. The van der Waals surface area contributed by atoms with Gasteiger partial charge in [-0.15, -0.1) is 0 Å². The fraction of sp³-hybridized carbons (Fsp3) is 0.500. The Balaban J connectivity index is 1.70. The number of carbonyl (C=O) groups is 2. The van der Waals surface area contributed by atoms with Gasteiger partial charge < -0.3 is 54.3 Å². The van der Waals surface area contributed by atoms with E-state index in [9.17, 15) is 40.2 Å². The molecule has 1 unspecified atom stereocenters. The highest BCUT2D eigenvalue weighted by Crippen LogP contribution is 2.37. The molecule has 2 fully saturated rings. The smallest absolute Gasteiger partial charge is 0.335 e. The van der Waals surface area contributed by atoms with Crippen LogP contribution in [0.15, 0.2) is 41.7 Å². The molecule has 1 aromatic carbocycles. The van der Waals surface area contributed by atoms with Gasteiger partial charge >= 0.3 is 11.9 Å². The summed E-state index contributed by atoms with van der Waals surface area (Å²) in [5.74, 6) is -3.94. The standard InChI is InChI=1S/C24H28O13/c1-2-11-12-6-18(27)34-8-16(10-3-4-14(25)15(26)5-10)33-9-17-19(28)20(29)21(30)24(36-17)37-23(11)35-7-13(12)22(31)32/h2-5,7,12,16-17,19-21,23-26,28-30H,6,8-9H2,1H3,(H,31,32)/b11-2+/t12-,16+,17+,19+,20-,21+,23-,24?/m0/s1. The fourth-order valence-electron chi connectivity index (χ4n) is 4.39. The second-order valence-corrected chi connectivity index (χ2v) is 8.80. The lowest BCUT2D eigenvalue weighted by atomic mass is 9.86. The molecule has 3 heterocycles. The number of aromatic hydroxyl groups is 2. The number of phenolic OH excluding ortho intramolecular Hbond substituents is 2. The van der Waals surface area contributed by atoms with Crippen LogP contribution in [0.3, 0.4) is 0 Å². The third kappa shape index (κ3) is 5.56. The number of carboxylic acid groups (broad SMARTS) is 1. The number of carboxylic acids is 1. The van der Waals surface area contributed by atoms with E-state index in [2.05, 4.69) is 0 Å². The molecule has 8 atom stereocenters. The van der Waals surface area contributed by atoms with Crippen molar-refractivity contribution in [1.29, 1.82) is 0 Å². The van der Waals surface area contributed by atoms with Gasteiger partial charge in [-0.2, -0.15) is 0 Å². The maximum atomic E-state index is 12.8. The van der Waals surface area contributed by atoms with Crippen LogP contribution in [0.1, 0.15) is 25.0 Å². The molecule has 3 aliphatic heterocycles. The quantitative estimate of drug-likeness (QED) is 0.169. The van der Waals surface area contributed by atoms with E-state index < -0.39 is 73.1 Å². The number of aliphatic carboxylic acids is 1. The minimum Gasteiger partial charge on any atom is -0.504 e. The summed E-state index contributed by atoms with van der Waals surface area (Å²) < 4.78 is 28.0. The van der Waals surface area contributed by atoms with Crippen LogP contribution < -0.4 is 0 Å². The number of hydrogen-bond donors (Lipinski definition) is 6. The number of benzene rings is 1. The Bertz CT molecular complexity index is 1080. The molecule has 6 N–H and O–H groups in total. The minimum absolute atomic E-state index is 0.230. The zero-order valence-electron chi connectivity index (χ0n) is 19.7. The Labute approximate surface area is 210 Å². The van der Waals surface area contributed by atoms with E-state index in [0.717, 1.165) is 6.26 Å². The number of ether oxygens (including phenoxy) is 5. The first-order valence-electron chi connectivity index (χ1n) is 11.5. The molecule has 0 aromatic heterocycles. The summed E-state index contributed by atoms with van der Waals surface area (Å²) in [6.07, 6.45) is -7.94. The highest BCUT2D eigenvalue weighted by molar-refractivity contribution is 5.89. The Morgan fingerprint density at radius 2 is 1.78 bits per heavy atom. The van der Waals surface area contributed by atoms with Crippen molar-refractivity contribution in [2.24, 2.45) is 5.92 Å². The lowest BCUT2D eigenvalue weighted by molar-refractivity contribution is -0.330. The summed E-state index contributed by atoms with van der Waals surface area (Å²) in [7, 11) is 0. The van der Waals surface area contributed by atoms with Crippen molar-refractivity contribution in [2.75, 3.05) is 13.2 Å². The highest BCUT2D eigenvalue weighted by atomic mass is 16.8. The van der Waals surface area contributed by atoms with Gasteiger partial charge in [0.05, 0.1) is 24.9 Å². The number of rotatable bonds is 2. The van der Waals surface area contributed by atoms with Crippen LogP contribution in [0.2, 0.25) is 0 Å². The fourth-order valence-corrected chi connectivity index (χ4v) is 4.39. The van der Waals surface area contributed by atoms with Crippen molar-refractivity contribution >= 4 is 11.9 Å². The summed E-state index contributed by atoms with van der Waals surface area (Å²) in [5, 5.41) is 60.6. The number of esters is 1. The summed E-state index contributed by atoms with van der Waals surface area (Å²) in [5.41, 5.74) is 0.324. The highest BCUT2D eigenvalue weighted by Gasteiger charge is 2.47. The molecule has 0 radical (unpaired) electrons. The van der Waals surface area contributed by atoms with Crippen LogP contribution in [0.4, 0.5) is 0 Å². The maximum absolute atomic E-state index is 12.8. The largest absolute Gasteiger partial charge is 0.504 e.